The van der Waals surface area contributed by atoms with Crippen LogP contribution in [0.15, 0.2) is 12.4 Å². The molecule has 20 heavy (non-hydrogen) atoms. The molecule has 2 fully saturated rings. The molecule has 2 aliphatic rings. The number of nitrogens with one attached hydrogen (secondary N) is 1. The lowest BCUT2D eigenvalue weighted by atomic mass is 10.0. The lowest BCUT2D eigenvalue weighted by molar-refractivity contribution is 0.0967. The molecule has 6 heteroatoms. The fourth-order valence-electron chi connectivity index (χ4n) is 2.62. The van der Waals surface area contributed by atoms with E-state index in [9.17, 15) is 4.79 Å². The van der Waals surface area contributed by atoms with Gasteiger partial charge in [0.15, 0.2) is 0 Å². The Morgan fingerprint density at radius 3 is 2.75 bits per heavy atom. The molecule has 0 spiro atoms. The quantitative estimate of drug-likeness (QED) is 0.871. The SMILES string of the molecule is CC1(NC(=O)O[C@@H]2CC[C@H](c3cnc(Cl)nc3)C2)CC1. The molecule has 0 unspecified atom stereocenters. The van der Waals surface area contributed by atoms with Crippen LogP contribution in [0.1, 0.15) is 50.5 Å². The van der Waals surface area contributed by atoms with E-state index in [4.69, 9.17) is 16.3 Å². The molecule has 2 saturated carbocycles. The van der Waals surface area contributed by atoms with Crippen LogP contribution in [0.2, 0.25) is 5.28 Å². The maximum Gasteiger partial charge on any atom is 0.407 e. The number of alkyl carbamates (subject to hydrolysis) is 1. The molecule has 1 aromatic heterocycles. The molecule has 1 heterocycles. The summed E-state index contributed by atoms with van der Waals surface area (Å²) in [6.07, 6.45) is 7.99. The Morgan fingerprint density at radius 1 is 1.40 bits per heavy atom. The van der Waals surface area contributed by atoms with Gasteiger partial charge in [-0.2, -0.15) is 0 Å². The predicted molar refractivity (Wildman–Crippen MR) is 74.7 cm³/mol. The van der Waals surface area contributed by atoms with Gasteiger partial charge in [-0.3, -0.25) is 0 Å². The molecule has 3 rings (SSSR count). The average molecular weight is 296 g/mol. The lowest BCUT2D eigenvalue weighted by Gasteiger charge is -2.16. The second-order valence-corrected chi connectivity index (χ2v) is 6.35. The second-order valence-electron chi connectivity index (χ2n) is 6.01. The predicted octanol–water partition coefficient (Wildman–Crippen LogP) is 3.04. The van der Waals surface area contributed by atoms with E-state index < -0.39 is 0 Å². The van der Waals surface area contributed by atoms with E-state index in [0.29, 0.717) is 5.92 Å². The van der Waals surface area contributed by atoms with Crippen LogP contribution in [-0.2, 0) is 4.74 Å². The Hall–Kier alpha value is -1.36. The number of halogens is 1. The van der Waals surface area contributed by atoms with Crippen LogP contribution in [0.3, 0.4) is 0 Å². The maximum atomic E-state index is 11.8. The third-order valence-electron chi connectivity index (χ3n) is 4.17. The number of nitrogens with zero attached hydrogens (tertiary/aromatic N) is 2. The highest BCUT2D eigenvalue weighted by Gasteiger charge is 2.40. The fourth-order valence-corrected chi connectivity index (χ4v) is 2.72. The molecular formula is C14H18ClN3O2. The van der Waals surface area contributed by atoms with Crippen LogP contribution in [0, 0.1) is 0 Å². The summed E-state index contributed by atoms with van der Waals surface area (Å²) in [6, 6.07) is 0. The summed E-state index contributed by atoms with van der Waals surface area (Å²) in [5.41, 5.74) is 1.04. The van der Waals surface area contributed by atoms with Crippen LogP contribution >= 0.6 is 11.6 Å². The van der Waals surface area contributed by atoms with E-state index in [-0.39, 0.29) is 23.0 Å². The number of hydrogen-bond donors (Lipinski definition) is 1. The van der Waals surface area contributed by atoms with Crippen molar-refractivity contribution in [2.75, 3.05) is 0 Å². The Morgan fingerprint density at radius 2 is 2.10 bits per heavy atom. The van der Waals surface area contributed by atoms with Gasteiger partial charge >= 0.3 is 6.09 Å². The number of amides is 1. The van der Waals surface area contributed by atoms with Crippen molar-refractivity contribution in [2.45, 2.75) is 56.6 Å². The molecular weight excluding hydrogens is 278 g/mol. The summed E-state index contributed by atoms with van der Waals surface area (Å²) in [6.45, 7) is 2.04. The normalized spacial score (nSPS) is 27.1. The van der Waals surface area contributed by atoms with E-state index in [1.54, 1.807) is 12.4 Å². The summed E-state index contributed by atoms with van der Waals surface area (Å²) in [4.78, 5) is 19.8. The molecule has 0 bridgehead atoms. The number of rotatable bonds is 3. The molecule has 108 valence electrons. The van der Waals surface area contributed by atoms with Crippen molar-refractivity contribution in [1.29, 1.82) is 0 Å². The van der Waals surface area contributed by atoms with Crippen molar-refractivity contribution in [3.05, 3.63) is 23.2 Å². The lowest BCUT2D eigenvalue weighted by Crippen LogP contribution is -2.36. The Bertz CT molecular complexity index is 502. The zero-order chi connectivity index (χ0) is 14.2. The van der Waals surface area contributed by atoms with Crippen LogP contribution in [-0.4, -0.2) is 27.7 Å². The largest absolute Gasteiger partial charge is 0.446 e. The summed E-state index contributed by atoms with van der Waals surface area (Å²) in [7, 11) is 0. The van der Waals surface area contributed by atoms with Crippen LogP contribution in [0.25, 0.3) is 0 Å². The average Bonchev–Trinajstić information content (AvgIpc) is 2.94. The third-order valence-corrected chi connectivity index (χ3v) is 4.37. The van der Waals surface area contributed by atoms with Crippen molar-refractivity contribution in [3.8, 4) is 0 Å². The summed E-state index contributed by atoms with van der Waals surface area (Å²) >= 11 is 5.68. The molecule has 0 saturated heterocycles. The highest BCUT2D eigenvalue weighted by atomic mass is 35.5. The Kier molecular flexibility index (Phi) is 3.54. The van der Waals surface area contributed by atoms with Gasteiger partial charge in [0.25, 0.3) is 0 Å². The molecule has 0 aromatic carbocycles. The maximum absolute atomic E-state index is 11.8. The van der Waals surface area contributed by atoms with Gasteiger partial charge in [-0.1, -0.05) is 0 Å². The van der Waals surface area contributed by atoms with E-state index >= 15 is 0 Å². The van der Waals surface area contributed by atoms with Crippen molar-refractivity contribution in [3.63, 3.8) is 0 Å². The zero-order valence-electron chi connectivity index (χ0n) is 11.4. The molecule has 1 N–H and O–H groups in total. The van der Waals surface area contributed by atoms with E-state index in [1.807, 2.05) is 6.92 Å². The molecule has 2 aliphatic carbocycles. The topological polar surface area (TPSA) is 64.1 Å². The van der Waals surface area contributed by atoms with Gasteiger partial charge in [0.05, 0.1) is 0 Å². The van der Waals surface area contributed by atoms with Crippen molar-refractivity contribution >= 4 is 17.7 Å². The minimum Gasteiger partial charge on any atom is -0.446 e. The zero-order valence-corrected chi connectivity index (χ0v) is 12.2. The smallest absolute Gasteiger partial charge is 0.407 e. The first-order valence-electron chi connectivity index (χ1n) is 7.00. The summed E-state index contributed by atoms with van der Waals surface area (Å²) in [5.74, 6) is 0.349. The van der Waals surface area contributed by atoms with Crippen molar-refractivity contribution in [2.24, 2.45) is 0 Å². The first kappa shape index (κ1) is 13.6. The molecule has 5 nitrogen and oxygen atoms in total. The number of hydrogen-bond acceptors (Lipinski definition) is 4. The highest BCUT2D eigenvalue weighted by molar-refractivity contribution is 6.28. The van der Waals surface area contributed by atoms with E-state index in [0.717, 1.165) is 37.7 Å². The van der Waals surface area contributed by atoms with Crippen LogP contribution in [0.4, 0.5) is 4.79 Å². The first-order valence-corrected chi connectivity index (χ1v) is 7.38. The number of carbonyl (C=O) groups is 1. The van der Waals surface area contributed by atoms with E-state index in [2.05, 4.69) is 15.3 Å². The van der Waals surface area contributed by atoms with Gasteiger partial charge in [-0.15, -0.1) is 0 Å². The van der Waals surface area contributed by atoms with Gasteiger partial charge < -0.3 is 10.1 Å². The standard InChI is InChI=1S/C14H18ClN3O2/c1-14(4-5-14)18-13(19)20-11-3-2-9(6-11)10-7-16-12(15)17-8-10/h7-9,11H,2-6H2,1H3,(H,18,19)/t9-,11+/m0/s1. The molecule has 1 aromatic rings. The molecule has 1 amide bonds. The minimum atomic E-state index is -0.289. The van der Waals surface area contributed by atoms with Gasteiger partial charge in [-0.05, 0) is 62.1 Å². The third kappa shape index (κ3) is 3.20. The monoisotopic (exact) mass is 295 g/mol. The molecule has 0 radical (unpaired) electrons. The highest BCUT2D eigenvalue weighted by Crippen LogP contribution is 2.37. The second kappa shape index (κ2) is 5.20. The van der Waals surface area contributed by atoms with Gasteiger partial charge in [0, 0.05) is 17.9 Å². The van der Waals surface area contributed by atoms with Crippen molar-refractivity contribution < 1.29 is 9.53 Å². The van der Waals surface area contributed by atoms with Crippen LogP contribution in [0.5, 0.6) is 0 Å². The van der Waals surface area contributed by atoms with Gasteiger partial charge in [0.2, 0.25) is 5.28 Å². The minimum absolute atomic E-state index is 0.0157. The fraction of sp³-hybridized carbons (Fsp3) is 0.643. The first-order chi connectivity index (χ1) is 9.54. The van der Waals surface area contributed by atoms with Crippen molar-refractivity contribution in [1.82, 2.24) is 15.3 Å². The number of carbonyl (C=O) groups excluding carboxylic acids is 1. The Balaban J connectivity index is 1.51. The van der Waals surface area contributed by atoms with Crippen LogP contribution < -0.4 is 5.32 Å². The molecule has 0 aliphatic heterocycles. The summed E-state index contributed by atoms with van der Waals surface area (Å²) < 4.78 is 5.49. The number of aromatic nitrogens is 2. The number of ether oxygens (including phenoxy) is 1. The summed E-state index contributed by atoms with van der Waals surface area (Å²) in [5, 5.41) is 3.18. The van der Waals surface area contributed by atoms with Gasteiger partial charge in [0.1, 0.15) is 6.10 Å². The van der Waals surface area contributed by atoms with E-state index in [1.165, 1.54) is 0 Å². The Labute approximate surface area is 123 Å². The van der Waals surface area contributed by atoms with Gasteiger partial charge in [-0.25, -0.2) is 14.8 Å². The molecule has 2 atom stereocenters.